The molecule has 3 N–H and O–H groups in total. The van der Waals surface area contributed by atoms with Crippen molar-refractivity contribution in [2.45, 2.75) is 13.5 Å². The Morgan fingerprint density at radius 3 is 2.94 bits per heavy atom. The number of aromatic nitrogens is 1. The SMILES string of the molecule is Cc1cnc(CNc2ccc(F)cc2C(N)=S)s1. The first-order valence-corrected chi connectivity index (χ1v) is 6.53. The smallest absolute Gasteiger partial charge is 0.124 e. The average Bonchev–Trinajstić information content (AvgIpc) is 2.73. The van der Waals surface area contributed by atoms with Crippen molar-refractivity contribution in [2.24, 2.45) is 5.73 Å². The average molecular weight is 281 g/mol. The Labute approximate surface area is 114 Å². The van der Waals surface area contributed by atoms with Crippen molar-refractivity contribution in [3.8, 4) is 0 Å². The Balaban J connectivity index is 2.16. The molecule has 1 aromatic carbocycles. The third-order valence-corrected chi connectivity index (χ3v) is 3.48. The Morgan fingerprint density at radius 2 is 2.33 bits per heavy atom. The number of nitrogens with one attached hydrogen (secondary N) is 1. The van der Waals surface area contributed by atoms with Gasteiger partial charge in [0.25, 0.3) is 0 Å². The summed E-state index contributed by atoms with van der Waals surface area (Å²) in [6.07, 6.45) is 1.82. The van der Waals surface area contributed by atoms with E-state index in [-0.39, 0.29) is 10.8 Å². The van der Waals surface area contributed by atoms with E-state index in [1.165, 1.54) is 12.1 Å². The van der Waals surface area contributed by atoms with Gasteiger partial charge in [0.05, 0.1) is 6.54 Å². The third-order valence-electron chi connectivity index (χ3n) is 2.35. The summed E-state index contributed by atoms with van der Waals surface area (Å²) < 4.78 is 13.1. The van der Waals surface area contributed by atoms with Crippen LogP contribution in [-0.2, 0) is 6.54 Å². The quantitative estimate of drug-likeness (QED) is 0.846. The van der Waals surface area contributed by atoms with Crippen molar-refractivity contribution in [2.75, 3.05) is 5.32 Å². The molecule has 0 unspecified atom stereocenters. The molecule has 0 radical (unpaired) electrons. The first-order chi connectivity index (χ1) is 8.56. The zero-order valence-corrected chi connectivity index (χ0v) is 11.4. The van der Waals surface area contributed by atoms with Gasteiger partial charge >= 0.3 is 0 Å². The fraction of sp³-hybridized carbons (Fsp3) is 0.167. The molecule has 0 saturated heterocycles. The van der Waals surface area contributed by atoms with Gasteiger partial charge < -0.3 is 11.1 Å². The largest absolute Gasteiger partial charge is 0.389 e. The number of thiocarbonyl (C=S) groups is 1. The van der Waals surface area contributed by atoms with Crippen LogP contribution in [0.2, 0.25) is 0 Å². The van der Waals surface area contributed by atoms with E-state index in [0.29, 0.717) is 12.1 Å². The Bertz CT molecular complexity index is 580. The number of hydrogen-bond acceptors (Lipinski definition) is 4. The summed E-state index contributed by atoms with van der Waals surface area (Å²) in [5.41, 5.74) is 6.80. The van der Waals surface area contributed by atoms with Gasteiger partial charge in [0.1, 0.15) is 15.8 Å². The normalized spacial score (nSPS) is 10.3. The topological polar surface area (TPSA) is 50.9 Å². The van der Waals surface area contributed by atoms with Crippen LogP contribution >= 0.6 is 23.6 Å². The van der Waals surface area contributed by atoms with Gasteiger partial charge in [0, 0.05) is 22.3 Å². The first kappa shape index (κ1) is 12.9. The van der Waals surface area contributed by atoms with E-state index in [2.05, 4.69) is 10.3 Å². The molecule has 94 valence electrons. The predicted octanol–water partition coefficient (Wildman–Crippen LogP) is 2.84. The van der Waals surface area contributed by atoms with E-state index in [4.69, 9.17) is 18.0 Å². The number of thiazole rings is 1. The summed E-state index contributed by atoms with van der Waals surface area (Å²) in [5, 5.41) is 4.13. The molecule has 0 bridgehead atoms. The van der Waals surface area contributed by atoms with E-state index in [1.807, 2.05) is 13.1 Å². The van der Waals surface area contributed by atoms with E-state index in [0.717, 1.165) is 15.6 Å². The highest BCUT2D eigenvalue weighted by molar-refractivity contribution is 7.80. The molecule has 2 aromatic rings. The number of anilines is 1. The molecule has 0 fully saturated rings. The Hall–Kier alpha value is -1.53. The second-order valence-electron chi connectivity index (χ2n) is 3.77. The van der Waals surface area contributed by atoms with Crippen LogP contribution in [0.4, 0.5) is 10.1 Å². The summed E-state index contributed by atoms with van der Waals surface area (Å²) in [7, 11) is 0. The number of nitrogens with two attached hydrogens (primary N) is 1. The maximum atomic E-state index is 13.1. The first-order valence-electron chi connectivity index (χ1n) is 5.31. The predicted molar refractivity (Wildman–Crippen MR) is 76.5 cm³/mol. The number of rotatable bonds is 4. The van der Waals surface area contributed by atoms with Crippen molar-refractivity contribution in [3.63, 3.8) is 0 Å². The molecule has 0 spiro atoms. The summed E-state index contributed by atoms with van der Waals surface area (Å²) in [5.74, 6) is -0.353. The summed E-state index contributed by atoms with van der Waals surface area (Å²) in [4.78, 5) is 5.57. The van der Waals surface area contributed by atoms with Crippen molar-refractivity contribution in [1.82, 2.24) is 4.98 Å². The molecule has 2 rings (SSSR count). The Kier molecular flexibility index (Phi) is 3.88. The van der Waals surface area contributed by atoms with Gasteiger partial charge in [-0.1, -0.05) is 12.2 Å². The molecule has 0 saturated carbocycles. The molecule has 1 heterocycles. The van der Waals surface area contributed by atoms with Crippen molar-refractivity contribution < 1.29 is 4.39 Å². The molecule has 0 amide bonds. The fourth-order valence-electron chi connectivity index (χ4n) is 1.53. The number of benzene rings is 1. The van der Waals surface area contributed by atoms with Crippen molar-refractivity contribution >= 4 is 34.2 Å². The van der Waals surface area contributed by atoms with Gasteiger partial charge in [-0.05, 0) is 25.1 Å². The standard InChI is InChI=1S/C12H12FN3S2/c1-7-5-16-11(18-7)6-15-10-3-2-8(13)4-9(10)12(14)17/h2-5,15H,6H2,1H3,(H2,14,17). The van der Waals surface area contributed by atoms with Gasteiger partial charge in [0.2, 0.25) is 0 Å². The highest BCUT2D eigenvalue weighted by Crippen LogP contribution is 2.19. The van der Waals surface area contributed by atoms with Crippen LogP contribution in [0.3, 0.4) is 0 Å². The lowest BCUT2D eigenvalue weighted by molar-refractivity contribution is 0.627. The van der Waals surface area contributed by atoms with Crippen LogP contribution in [0.15, 0.2) is 24.4 Å². The molecule has 0 aliphatic rings. The highest BCUT2D eigenvalue weighted by atomic mass is 32.1. The number of halogens is 1. The molecular formula is C12H12FN3S2. The zero-order chi connectivity index (χ0) is 13.1. The molecule has 0 atom stereocenters. The molecule has 0 aliphatic heterocycles. The van der Waals surface area contributed by atoms with Gasteiger partial charge in [-0.2, -0.15) is 0 Å². The fourth-order valence-corrected chi connectivity index (χ4v) is 2.42. The molecule has 18 heavy (non-hydrogen) atoms. The second kappa shape index (κ2) is 5.41. The zero-order valence-electron chi connectivity index (χ0n) is 9.74. The monoisotopic (exact) mass is 281 g/mol. The lowest BCUT2D eigenvalue weighted by Gasteiger charge is -2.10. The van der Waals surface area contributed by atoms with E-state index in [9.17, 15) is 4.39 Å². The molecule has 6 heteroatoms. The van der Waals surface area contributed by atoms with Gasteiger partial charge in [-0.25, -0.2) is 9.37 Å². The van der Waals surface area contributed by atoms with Crippen LogP contribution in [0.1, 0.15) is 15.4 Å². The van der Waals surface area contributed by atoms with E-state index >= 15 is 0 Å². The summed E-state index contributed by atoms with van der Waals surface area (Å²) in [6.45, 7) is 2.57. The molecule has 3 nitrogen and oxygen atoms in total. The minimum absolute atomic E-state index is 0.173. The lowest BCUT2D eigenvalue weighted by Crippen LogP contribution is -2.13. The minimum atomic E-state index is -0.353. The second-order valence-corrected chi connectivity index (χ2v) is 5.53. The lowest BCUT2D eigenvalue weighted by atomic mass is 10.1. The van der Waals surface area contributed by atoms with Gasteiger partial charge in [-0.15, -0.1) is 11.3 Å². The summed E-state index contributed by atoms with van der Waals surface area (Å²) in [6, 6.07) is 4.33. The maximum Gasteiger partial charge on any atom is 0.124 e. The van der Waals surface area contributed by atoms with E-state index in [1.54, 1.807) is 17.4 Å². The molecule has 1 aromatic heterocycles. The van der Waals surface area contributed by atoms with Crippen LogP contribution in [-0.4, -0.2) is 9.97 Å². The minimum Gasteiger partial charge on any atom is -0.389 e. The van der Waals surface area contributed by atoms with Crippen molar-refractivity contribution in [3.05, 3.63) is 45.7 Å². The molecule has 0 aliphatic carbocycles. The number of hydrogen-bond donors (Lipinski definition) is 2. The Morgan fingerprint density at radius 1 is 1.56 bits per heavy atom. The van der Waals surface area contributed by atoms with Gasteiger partial charge in [-0.3, -0.25) is 0 Å². The van der Waals surface area contributed by atoms with E-state index < -0.39 is 0 Å². The maximum absolute atomic E-state index is 13.1. The van der Waals surface area contributed by atoms with Crippen LogP contribution in [0.25, 0.3) is 0 Å². The summed E-state index contributed by atoms with van der Waals surface area (Å²) >= 11 is 6.51. The van der Waals surface area contributed by atoms with Crippen LogP contribution in [0, 0.1) is 12.7 Å². The van der Waals surface area contributed by atoms with Crippen LogP contribution < -0.4 is 11.1 Å². The third kappa shape index (κ3) is 3.02. The molecular weight excluding hydrogens is 269 g/mol. The van der Waals surface area contributed by atoms with Crippen molar-refractivity contribution in [1.29, 1.82) is 0 Å². The number of aryl methyl sites for hydroxylation is 1. The van der Waals surface area contributed by atoms with Gasteiger partial charge in [0.15, 0.2) is 0 Å². The highest BCUT2D eigenvalue weighted by Gasteiger charge is 2.07. The van der Waals surface area contributed by atoms with Crippen LogP contribution in [0.5, 0.6) is 0 Å². The number of nitrogens with zero attached hydrogens (tertiary/aromatic N) is 1.